The van der Waals surface area contributed by atoms with Crippen LogP contribution in [0.25, 0.3) is 0 Å². The van der Waals surface area contributed by atoms with Crippen molar-refractivity contribution in [2.24, 2.45) is 0 Å². The second kappa shape index (κ2) is 6.18. The Balaban J connectivity index is 1.77. The molecule has 1 saturated heterocycles. The van der Waals surface area contributed by atoms with E-state index in [-0.39, 0.29) is 36.7 Å². The van der Waals surface area contributed by atoms with Gasteiger partial charge in [0.15, 0.2) is 5.67 Å². The summed E-state index contributed by atoms with van der Waals surface area (Å²) in [6.07, 6.45) is -0.0614. The van der Waals surface area contributed by atoms with Crippen molar-refractivity contribution < 1.29 is 27.2 Å². The highest BCUT2D eigenvalue weighted by molar-refractivity contribution is 5.92. The van der Waals surface area contributed by atoms with Gasteiger partial charge in [0.2, 0.25) is 5.76 Å². The van der Waals surface area contributed by atoms with E-state index in [2.05, 4.69) is 5.16 Å². The van der Waals surface area contributed by atoms with E-state index < -0.39 is 23.2 Å². The third kappa shape index (κ3) is 3.08. The van der Waals surface area contributed by atoms with Gasteiger partial charge >= 0.3 is 0 Å². The van der Waals surface area contributed by atoms with Gasteiger partial charge in [0.05, 0.1) is 19.2 Å². The molecule has 8 heteroatoms. The molecule has 24 heavy (non-hydrogen) atoms. The first-order valence-corrected chi connectivity index (χ1v) is 7.45. The maximum absolute atomic E-state index is 15.1. The van der Waals surface area contributed by atoms with E-state index in [4.69, 9.17) is 9.26 Å². The summed E-state index contributed by atoms with van der Waals surface area (Å²) in [5, 5.41) is 3.58. The molecule has 3 rings (SSSR count). The fourth-order valence-corrected chi connectivity index (χ4v) is 2.73. The Bertz CT molecular complexity index is 745. The summed E-state index contributed by atoms with van der Waals surface area (Å²) in [4.78, 5) is 13.6. The summed E-state index contributed by atoms with van der Waals surface area (Å²) in [5.41, 5.74) is -2.13. The van der Waals surface area contributed by atoms with Crippen LogP contribution in [0.5, 0.6) is 5.88 Å². The van der Waals surface area contributed by atoms with Crippen LogP contribution in [0.3, 0.4) is 0 Å². The minimum absolute atomic E-state index is 0.0614. The fraction of sp³-hybridized carbons (Fsp3) is 0.375. The second-order valence-electron chi connectivity index (χ2n) is 5.56. The van der Waals surface area contributed by atoms with Crippen LogP contribution >= 0.6 is 0 Å². The van der Waals surface area contributed by atoms with Crippen molar-refractivity contribution in [1.29, 1.82) is 0 Å². The minimum Gasteiger partial charge on any atom is -0.476 e. The van der Waals surface area contributed by atoms with Crippen molar-refractivity contribution in [3.05, 3.63) is 47.2 Å². The van der Waals surface area contributed by atoms with Gasteiger partial charge in [0.25, 0.3) is 11.8 Å². The number of carbonyl (C=O) groups excluding carboxylic acids is 1. The number of alkyl halides is 1. The SMILES string of the molecule is CCOc1cc(C(=O)N2CC[C@](F)(c3cc(F)cc(F)c3)C2)on1. The van der Waals surface area contributed by atoms with Crippen molar-refractivity contribution in [2.45, 2.75) is 19.0 Å². The van der Waals surface area contributed by atoms with Crippen LogP contribution in [0.1, 0.15) is 29.5 Å². The Morgan fingerprint density at radius 2 is 2.04 bits per heavy atom. The molecule has 2 aromatic rings. The average molecular weight is 340 g/mol. The van der Waals surface area contributed by atoms with Gasteiger partial charge in [-0.3, -0.25) is 4.79 Å². The van der Waals surface area contributed by atoms with E-state index in [0.717, 1.165) is 12.1 Å². The molecule has 0 aliphatic carbocycles. The van der Waals surface area contributed by atoms with Crippen molar-refractivity contribution >= 4 is 5.91 Å². The Morgan fingerprint density at radius 1 is 1.33 bits per heavy atom. The van der Waals surface area contributed by atoms with Crippen molar-refractivity contribution in [1.82, 2.24) is 10.1 Å². The van der Waals surface area contributed by atoms with Gasteiger partial charge in [0.1, 0.15) is 11.6 Å². The topological polar surface area (TPSA) is 55.6 Å². The lowest BCUT2D eigenvalue weighted by Gasteiger charge is -2.21. The number of hydrogen-bond acceptors (Lipinski definition) is 4. The van der Waals surface area contributed by atoms with Crippen LogP contribution in [0, 0.1) is 11.6 Å². The summed E-state index contributed by atoms with van der Waals surface area (Å²) >= 11 is 0. The molecule has 0 saturated carbocycles. The van der Waals surface area contributed by atoms with Gasteiger partial charge in [-0.25, -0.2) is 13.2 Å². The van der Waals surface area contributed by atoms with Crippen LogP contribution in [-0.2, 0) is 5.67 Å². The molecule has 0 bridgehead atoms. The zero-order chi connectivity index (χ0) is 17.3. The molecule has 2 heterocycles. The maximum Gasteiger partial charge on any atom is 0.292 e. The minimum atomic E-state index is -2.01. The quantitative estimate of drug-likeness (QED) is 0.858. The predicted molar refractivity (Wildman–Crippen MR) is 77.3 cm³/mol. The number of benzene rings is 1. The molecule has 1 aromatic heterocycles. The zero-order valence-corrected chi connectivity index (χ0v) is 12.9. The highest BCUT2D eigenvalue weighted by Crippen LogP contribution is 2.37. The Hall–Kier alpha value is -2.51. The summed E-state index contributed by atoms with van der Waals surface area (Å²) in [6.45, 7) is 1.90. The second-order valence-corrected chi connectivity index (χ2v) is 5.56. The Kier molecular flexibility index (Phi) is 4.21. The van der Waals surface area contributed by atoms with E-state index in [1.54, 1.807) is 6.92 Å². The zero-order valence-electron chi connectivity index (χ0n) is 12.9. The summed E-state index contributed by atoms with van der Waals surface area (Å²) in [6, 6.07) is 3.89. The molecule has 0 N–H and O–H groups in total. The normalized spacial score (nSPS) is 20.4. The van der Waals surface area contributed by atoms with Crippen LogP contribution < -0.4 is 4.74 Å². The fourth-order valence-electron chi connectivity index (χ4n) is 2.73. The number of ether oxygens (including phenoxy) is 1. The molecule has 0 spiro atoms. The summed E-state index contributed by atoms with van der Waals surface area (Å²) < 4.78 is 51.7. The molecular weight excluding hydrogens is 325 g/mol. The summed E-state index contributed by atoms with van der Waals surface area (Å²) in [5.74, 6) is -2.18. The van der Waals surface area contributed by atoms with Crippen LogP contribution in [0.2, 0.25) is 0 Å². The average Bonchev–Trinajstić information content (AvgIpc) is 3.14. The first-order chi connectivity index (χ1) is 11.4. The van der Waals surface area contributed by atoms with E-state index in [9.17, 15) is 13.6 Å². The van der Waals surface area contributed by atoms with E-state index in [1.165, 1.54) is 11.0 Å². The third-order valence-electron chi connectivity index (χ3n) is 3.88. The van der Waals surface area contributed by atoms with Crippen LogP contribution in [0.4, 0.5) is 13.2 Å². The Labute approximate surface area is 136 Å². The Morgan fingerprint density at radius 3 is 2.71 bits per heavy atom. The van der Waals surface area contributed by atoms with Gasteiger partial charge in [-0.1, -0.05) is 0 Å². The molecule has 1 atom stereocenters. The van der Waals surface area contributed by atoms with E-state index in [1.807, 2.05) is 0 Å². The van der Waals surface area contributed by atoms with Gasteiger partial charge in [-0.15, -0.1) is 0 Å². The molecule has 1 aliphatic rings. The number of nitrogens with zero attached hydrogens (tertiary/aromatic N) is 2. The number of amides is 1. The number of halogens is 3. The number of hydrogen-bond donors (Lipinski definition) is 0. The molecule has 0 unspecified atom stereocenters. The highest BCUT2D eigenvalue weighted by atomic mass is 19.1. The van der Waals surface area contributed by atoms with Crippen LogP contribution in [-0.4, -0.2) is 35.7 Å². The van der Waals surface area contributed by atoms with Gasteiger partial charge < -0.3 is 14.2 Å². The molecule has 128 valence electrons. The van der Waals surface area contributed by atoms with Gasteiger partial charge in [0, 0.05) is 19.0 Å². The van der Waals surface area contributed by atoms with Crippen molar-refractivity contribution in [3.8, 4) is 5.88 Å². The first kappa shape index (κ1) is 16.4. The smallest absolute Gasteiger partial charge is 0.292 e. The molecule has 1 fully saturated rings. The van der Waals surface area contributed by atoms with Crippen LogP contribution in [0.15, 0.2) is 28.8 Å². The van der Waals surface area contributed by atoms with Gasteiger partial charge in [-0.05, 0) is 29.8 Å². The van der Waals surface area contributed by atoms with E-state index >= 15 is 4.39 Å². The molecule has 0 radical (unpaired) electrons. The molecule has 1 aliphatic heterocycles. The molecule has 5 nitrogen and oxygen atoms in total. The highest BCUT2D eigenvalue weighted by Gasteiger charge is 2.43. The largest absolute Gasteiger partial charge is 0.476 e. The number of rotatable bonds is 4. The number of likely N-dealkylation sites (tertiary alicyclic amines) is 1. The predicted octanol–water partition coefficient (Wildman–Crippen LogP) is 3.06. The number of aromatic nitrogens is 1. The maximum atomic E-state index is 15.1. The van der Waals surface area contributed by atoms with Crippen molar-refractivity contribution in [2.75, 3.05) is 19.7 Å². The lowest BCUT2D eigenvalue weighted by Crippen LogP contribution is -2.32. The number of carbonyl (C=O) groups is 1. The third-order valence-corrected chi connectivity index (χ3v) is 3.88. The monoisotopic (exact) mass is 340 g/mol. The first-order valence-electron chi connectivity index (χ1n) is 7.45. The molecule has 1 aromatic carbocycles. The summed E-state index contributed by atoms with van der Waals surface area (Å²) in [7, 11) is 0. The lowest BCUT2D eigenvalue weighted by molar-refractivity contribution is 0.0709. The molecular formula is C16H15F3N2O3. The standard InChI is InChI=1S/C16H15F3N2O3/c1-2-23-14-8-13(24-20-14)15(22)21-4-3-16(19,9-21)10-5-11(17)7-12(18)6-10/h5-8H,2-4,9H2,1H3/t16-/m1/s1. The van der Waals surface area contributed by atoms with Gasteiger partial charge in [-0.2, -0.15) is 0 Å². The molecule has 1 amide bonds. The van der Waals surface area contributed by atoms with E-state index in [0.29, 0.717) is 12.7 Å². The lowest BCUT2D eigenvalue weighted by atomic mass is 9.95. The van der Waals surface area contributed by atoms with Crippen molar-refractivity contribution in [3.63, 3.8) is 0 Å².